The van der Waals surface area contributed by atoms with Crippen molar-refractivity contribution in [1.82, 2.24) is 10.2 Å². The Bertz CT molecular complexity index is 557. The minimum Gasteiger partial charge on any atom is -0.390 e. The fourth-order valence-electron chi connectivity index (χ4n) is 2.51. The number of aliphatic hydroxyl groups excluding tert-OH is 1. The molecule has 0 bridgehead atoms. The van der Waals surface area contributed by atoms with Crippen LogP contribution in [0, 0.1) is 5.82 Å². The van der Waals surface area contributed by atoms with E-state index in [1.807, 2.05) is 6.92 Å². The maximum Gasteiger partial charge on any atom is 0.222 e. The summed E-state index contributed by atoms with van der Waals surface area (Å²) in [6, 6.07) is 2.41. The Morgan fingerprint density at radius 1 is 1.41 bits per heavy atom. The highest BCUT2D eigenvalue weighted by molar-refractivity contribution is 6.35. The van der Waals surface area contributed by atoms with Gasteiger partial charge in [-0.3, -0.25) is 4.79 Å². The van der Waals surface area contributed by atoms with Crippen LogP contribution in [0.2, 0.25) is 10.0 Å². The molecule has 122 valence electrons. The fourth-order valence-corrected chi connectivity index (χ4v) is 3.06. The zero-order valence-electron chi connectivity index (χ0n) is 12.3. The van der Waals surface area contributed by atoms with Crippen LogP contribution in [0.1, 0.15) is 31.4 Å². The number of hydrogen-bond acceptors (Lipinski definition) is 3. The molecule has 0 spiro atoms. The number of rotatable bonds is 6. The van der Waals surface area contributed by atoms with Crippen LogP contribution in [-0.4, -0.2) is 41.7 Å². The SMILES string of the molecule is C[C@H](NC[C@@H](O)CN1CCCC1=O)c1cc(F)c(Cl)cc1Cl. The van der Waals surface area contributed by atoms with Gasteiger partial charge in [0.15, 0.2) is 0 Å². The third-order valence-electron chi connectivity index (χ3n) is 3.77. The molecule has 1 amide bonds. The number of nitrogens with one attached hydrogen (secondary N) is 1. The summed E-state index contributed by atoms with van der Waals surface area (Å²) in [6.07, 6.45) is 0.714. The summed E-state index contributed by atoms with van der Waals surface area (Å²) in [4.78, 5) is 13.2. The number of likely N-dealkylation sites (tertiary alicyclic amines) is 1. The van der Waals surface area contributed by atoms with E-state index in [4.69, 9.17) is 23.2 Å². The fraction of sp³-hybridized carbons (Fsp3) is 0.533. The lowest BCUT2D eigenvalue weighted by molar-refractivity contribution is -0.128. The van der Waals surface area contributed by atoms with E-state index in [9.17, 15) is 14.3 Å². The van der Waals surface area contributed by atoms with E-state index in [0.29, 0.717) is 30.1 Å². The Balaban J connectivity index is 1.88. The van der Waals surface area contributed by atoms with Gasteiger partial charge in [-0.15, -0.1) is 0 Å². The van der Waals surface area contributed by atoms with Crippen molar-refractivity contribution in [2.24, 2.45) is 0 Å². The van der Waals surface area contributed by atoms with Crippen molar-refractivity contribution in [3.63, 3.8) is 0 Å². The summed E-state index contributed by atoms with van der Waals surface area (Å²) in [5.74, 6) is -0.451. The summed E-state index contributed by atoms with van der Waals surface area (Å²) < 4.78 is 13.5. The Kier molecular flexibility index (Phi) is 6.03. The van der Waals surface area contributed by atoms with E-state index in [1.165, 1.54) is 12.1 Å². The van der Waals surface area contributed by atoms with Crippen molar-refractivity contribution in [2.75, 3.05) is 19.6 Å². The van der Waals surface area contributed by atoms with Gasteiger partial charge in [-0.25, -0.2) is 4.39 Å². The quantitative estimate of drug-likeness (QED) is 0.777. The zero-order chi connectivity index (χ0) is 16.3. The van der Waals surface area contributed by atoms with E-state index in [1.54, 1.807) is 4.90 Å². The van der Waals surface area contributed by atoms with Crippen molar-refractivity contribution in [3.8, 4) is 0 Å². The molecule has 22 heavy (non-hydrogen) atoms. The minimum absolute atomic E-state index is 0.0199. The standard InChI is InChI=1S/C15H19Cl2FN2O2/c1-9(11-5-14(18)13(17)6-12(11)16)19-7-10(21)8-20-4-2-3-15(20)22/h5-6,9-10,19,21H,2-4,7-8H2,1H3/t9-,10+/m0/s1. The maximum absolute atomic E-state index is 13.5. The second-order valence-corrected chi connectivity index (χ2v) is 6.33. The van der Waals surface area contributed by atoms with Crippen molar-refractivity contribution in [1.29, 1.82) is 0 Å². The zero-order valence-corrected chi connectivity index (χ0v) is 13.8. The second kappa shape index (κ2) is 7.59. The molecule has 1 aliphatic rings. The molecule has 0 radical (unpaired) electrons. The topological polar surface area (TPSA) is 52.6 Å². The van der Waals surface area contributed by atoms with Crippen molar-refractivity contribution >= 4 is 29.1 Å². The average molecular weight is 349 g/mol. The molecule has 2 N–H and O–H groups in total. The molecule has 0 unspecified atom stereocenters. The Morgan fingerprint density at radius 2 is 2.14 bits per heavy atom. The first-order chi connectivity index (χ1) is 10.4. The monoisotopic (exact) mass is 348 g/mol. The Labute approximate surface area is 139 Å². The molecular formula is C15H19Cl2FN2O2. The molecule has 1 aromatic rings. The number of hydrogen-bond donors (Lipinski definition) is 2. The third kappa shape index (κ3) is 4.32. The van der Waals surface area contributed by atoms with Gasteiger partial charge >= 0.3 is 0 Å². The summed E-state index contributed by atoms with van der Waals surface area (Å²) >= 11 is 11.7. The van der Waals surface area contributed by atoms with Gasteiger partial charge < -0.3 is 15.3 Å². The van der Waals surface area contributed by atoms with Gasteiger partial charge in [0.05, 0.1) is 11.1 Å². The third-order valence-corrected chi connectivity index (χ3v) is 4.39. The molecule has 2 atom stereocenters. The molecular weight excluding hydrogens is 330 g/mol. The highest BCUT2D eigenvalue weighted by atomic mass is 35.5. The molecule has 7 heteroatoms. The number of aliphatic hydroxyl groups is 1. The Morgan fingerprint density at radius 3 is 2.77 bits per heavy atom. The lowest BCUT2D eigenvalue weighted by atomic mass is 10.1. The van der Waals surface area contributed by atoms with Crippen LogP contribution in [-0.2, 0) is 4.79 Å². The number of amides is 1. The number of β-amino-alcohol motifs (C(OH)–C–C–N with tert-alkyl or cyclic N) is 1. The van der Waals surface area contributed by atoms with Gasteiger partial charge in [-0.2, -0.15) is 0 Å². The first-order valence-electron chi connectivity index (χ1n) is 7.22. The summed E-state index contributed by atoms with van der Waals surface area (Å²) in [7, 11) is 0. The number of halogens is 3. The molecule has 4 nitrogen and oxygen atoms in total. The van der Waals surface area contributed by atoms with E-state index in [-0.39, 0.29) is 23.5 Å². The lowest BCUT2D eigenvalue weighted by Gasteiger charge is -2.22. The van der Waals surface area contributed by atoms with Crippen LogP contribution in [0.3, 0.4) is 0 Å². The van der Waals surface area contributed by atoms with Crippen LogP contribution >= 0.6 is 23.2 Å². The first-order valence-corrected chi connectivity index (χ1v) is 7.97. The van der Waals surface area contributed by atoms with Gasteiger partial charge in [-0.1, -0.05) is 23.2 Å². The van der Waals surface area contributed by atoms with Crippen LogP contribution in [0.15, 0.2) is 12.1 Å². The lowest BCUT2D eigenvalue weighted by Crippen LogP contribution is -2.39. The molecule has 0 saturated carbocycles. The second-order valence-electron chi connectivity index (χ2n) is 5.51. The molecule has 1 aromatic carbocycles. The van der Waals surface area contributed by atoms with E-state index in [0.717, 1.165) is 6.42 Å². The summed E-state index contributed by atoms with van der Waals surface area (Å²) in [5, 5.41) is 13.5. The number of nitrogens with zero attached hydrogens (tertiary/aromatic N) is 1. The predicted molar refractivity (Wildman–Crippen MR) is 84.7 cm³/mol. The average Bonchev–Trinajstić information content (AvgIpc) is 2.85. The number of benzene rings is 1. The summed E-state index contributed by atoms with van der Waals surface area (Å²) in [5.41, 5.74) is 0.577. The highest BCUT2D eigenvalue weighted by Gasteiger charge is 2.23. The van der Waals surface area contributed by atoms with Crippen molar-refractivity contribution in [2.45, 2.75) is 31.9 Å². The van der Waals surface area contributed by atoms with Crippen LogP contribution in [0.4, 0.5) is 4.39 Å². The van der Waals surface area contributed by atoms with Gasteiger partial charge in [0.2, 0.25) is 5.91 Å². The van der Waals surface area contributed by atoms with Crippen LogP contribution in [0.25, 0.3) is 0 Å². The predicted octanol–water partition coefficient (Wildman–Crippen LogP) is 2.77. The molecule has 1 fully saturated rings. The van der Waals surface area contributed by atoms with Crippen molar-refractivity contribution < 1.29 is 14.3 Å². The van der Waals surface area contributed by atoms with Crippen molar-refractivity contribution in [3.05, 3.63) is 33.6 Å². The molecule has 0 aromatic heterocycles. The van der Waals surface area contributed by atoms with E-state index < -0.39 is 11.9 Å². The number of carbonyl (C=O) groups is 1. The van der Waals surface area contributed by atoms with E-state index in [2.05, 4.69) is 5.32 Å². The smallest absolute Gasteiger partial charge is 0.222 e. The van der Waals surface area contributed by atoms with Gasteiger partial charge in [0.1, 0.15) is 5.82 Å². The molecule has 1 saturated heterocycles. The van der Waals surface area contributed by atoms with Gasteiger partial charge in [0.25, 0.3) is 0 Å². The highest BCUT2D eigenvalue weighted by Crippen LogP contribution is 2.28. The molecule has 1 heterocycles. The van der Waals surface area contributed by atoms with Crippen LogP contribution in [0.5, 0.6) is 0 Å². The first kappa shape index (κ1) is 17.5. The van der Waals surface area contributed by atoms with Gasteiger partial charge in [0, 0.05) is 37.1 Å². The largest absolute Gasteiger partial charge is 0.390 e. The summed E-state index contributed by atoms with van der Waals surface area (Å²) in [6.45, 7) is 3.11. The number of carbonyl (C=O) groups excluding carboxylic acids is 1. The Hall–Kier alpha value is -0.880. The maximum atomic E-state index is 13.5. The minimum atomic E-state index is -0.680. The molecule has 0 aliphatic carbocycles. The normalized spacial score (nSPS) is 17.9. The van der Waals surface area contributed by atoms with E-state index >= 15 is 0 Å². The molecule has 1 aliphatic heterocycles. The van der Waals surface area contributed by atoms with Gasteiger partial charge in [-0.05, 0) is 31.0 Å². The van der Waals surface area contributed by atoms with Crippen LogP contribution < -0.4 is 5.32 Å². The molecule has 2 rings (SSSR count).